The van der Waals surface area contributed by atoms with Crippen molar-refractivity contribution in [1.29, 1.82) is 0 Å². The highest BCUT2D eigenvalue weighted by Crippen LogP contribution is 2.25. The highest BCUT2D eigenvalue weighted by atomic mass is 35.5. The number of rotatable bonds is 3. The molecular weight excluding hydrogens is 253 g/mol. The molecule has 0 radical (unpaired) electrons. The Morgan fingerprint density at radius 3 is 2.78 bits per heavy atom. The van der Waals surface area contributed by atoms with E-state index in [1.165, 1.54) is 18.2 Å². The van der Waals surface area contributed by atoms with Gasteiger partial charge in [-0.2, -0.15) is 0 Å². The van der Waals surface area contributed by atoms with Crippen molar-refractivity contribution >= 4 is 17.3 Å². The maximum atomic E-state index is 13.1. The number of nitrogens with two attached hydrogens (primary N) is 1. The molecule has 0 aliphatic heterocycles. The molecule has 4 heteroatoms. The molecule has 0 saturated heterocycles. The highest BCUT2D eigenvalue weighted by Gasteiger charge is 2.05. The van der Waals surface area contributed by atoms with Crippen molar-refractivity contribution in [1.82, 2.24) is 0 Å². The minimum Gasteiger partial charge on any atom is -0.487 e. The normalized spacial score (nSPS) is 10.4. The number of hydrogen-bond donors (Lipinski definition) is 1. The third-order valence-electron chi connectivity index (χ3n) is 2.56. The Morgan fingerprint density at radius 1 is 1.22 bits per heavy atom. The summed E-state index contributed by atoms with van der Waals surface area (Å²) < 4.78 is 18.6. The summed E-state index contributed by atoms with van der Waals surface area (Å²) in [6.07, 6.45) is 0. The number of hydrogen-bond acceptors (Lipinski definition) is 2. The van der Waals surface area contributed by atoms with Crippen molar-refractivity contribution in [3.05, 3.63) is 58.4 Å². The second-order valence-electron chi connectivity index (χ2n) is 4.07. The van der Waals surface area contributed by atoms with Crippen LogP contribution in [0.5, 0.6) is 5.75 Å². The molecular formula is C14H13ClFNO. The molecule has 2 rings (SSSR count). The molecule has 94 valence electrons. The first-order chi connectivity index (χ1) is 8.56. The standard InChI is InChI=1S/C14H13ClFNO/c1-9-2-5-13(17)14(6-9)18-8-10-7-11(16)3-4-12(10)15/h2-7H,8,17H2,1H3. The van der Waals surface area contributed by atoms with Crippen LogP contribution in [-0.2, 0) is 6.61 Å². The van der Waals surface area contributed by atoms with E-state index >= 15 is 0 Å². The van der Waals surface area contributed by atoms with Crippen LogP contribution in [0.2, 0.25) is 5.02 Å². The summed E-state index contributed by atoms with van der Waals surface area (Å²) in [5.74, 6) is 0.241. The second kappa shape index (κ2) is 5.27. The van der Waals surface area contributed by atoms with E-state index in [9.17, 15) is 4.39 Å². The van der Waals surface area contributed by atoms with Gasteiger partial charge in [-0.25, -0.2) is 4.39 Å². The molecule has 0 heterocycles. The molecule has 0 fully saturated rings. The van der Waals surface area contributed by atoms with Crippen LogP contribution in [0.4, 0.5) is 10.1 Å². The summed E-state index contributed by atoms with van der Waals surface area (Å²) in [5, 5.41) is 0.475. The van der Waals surface area contributed by atoms with Crippen molar-refractivity contribution < 1.29 is 9.13 Å². The monoisotopic (exact) mass is 265 g/mol. The molecule has 18 heavy (non-hydrogen) atoms. The molecule has 2 aromatic carbocycles. The van der Waals surface area contributed by atoms with Gasteiger partial charge in [-0.05, 0) is 42.8 Å². The average molecular weight is 266 g/mol. The van der Waals surface area contributed by atoms with Gasteiger partial charge in [0, 0.05) is 10.6 Å². The molecule has 2 aromatic rings. The molecule has 0 aliphatic rings. The van der Waals surface area contributed by atoms with Gasteiger partial charge in [0.2, 0.25) is 0 Å². The van der Waals surface area contributed by atoms with Crippen LogP contribution in [0.3, 0.4) is 0 Å². The Balaban J connectivity index is 2.16. The SMILES string of the molecule is Cc1ccc(N)c(OCc2cc(F)ccc2Cl)c1. The summed E-state index contributed by atoms with van der Waals surface area (Å²) in [7, 11) is 0. The van der Waals surface area contributed by atoms with Crippen molar-refractivity contribution in [2.24, 2.45) is 0 Å². The number of nitrogen functional groups attached to an aromatic ring is 1. The maximum absolute atomic E-state index is 13.1. The molecule has 0 unspecified atom stereocenters. The number of aryl methyl sites for hydroxylation is 1. The van der Waals surface area contributed by atoms with Crippen LogP contribution in [0, 0.1) is 12.7 Å². The van der Waals surface area contributed by atoms with Gasteiger partial charge in [-0.15, -0.1) is 0 Å². The zero-order valence-electron chi connectivity index (χ0n) is 9.91. The van der Waals surface area contributed by atoms with E-state index in [1.54, 1.807) is 6.07 Å². The van der Waals surface area contributed by atoms with Gasteiger partial charge < -0.3 is 10.5 Å². The minimum atomic E-state index is -0.338. The third-order valence-corrected chi connectivity index (χ3v) is 2.93. The van der Waals surface area contributed by atoms with E-state index in [1.807, 2.05) is 19.1 Å². The summed E-state index contributed by atoms with van der Waals surface area (Å²) in [6.45, 7) is 2.13. The molecule has 0 aromatic heterocycles. The summed E-state index contributed by atoms with van der Waals surface area (Å²) >= 11 is 5.96. The van der Waals surface area contributed by atoms with Crippen molar-refractivity contribution in [2.75, 3.05) is 5.73 Å². The topological polar surface area (TPSA) is 35.2 Å². The summed E-state index contributed by atoms with van der Waals surface area (Å²) in [4.78, 5) is 0. The lowest BCUT2D eigenvalue weighted by atomic mass is 10.2. The van der Waals surface area contributed by atoms with Crippen LogP contribution < -0.4 is 10.5 Å². The first kappa shape index (κ1) is 12.7. The predicted octanol–water partition coefficient (Wildman–Crippen LogP) is 3.95. The Hall–Kier alpha value is -1.74. The molecule has 0 aliphatic carbocycles. The van der Waals surface area contributed by atoms with E-state index in [2.05, 4.69) is 0 Å². The van der Waals surface area contributed by atoms with Gasteiger partial charge in [0.1, 0.15) is 18.2 Å². The van der Waals surface area contributed by atoms with E-state index in [0.717, 1.165) is 5.56 Å². The zero-order valence-corrected chi connectivity index (χ0v) is 10.7. The lowest BCUT2D eigenvalue weighted by Gasteiger charge is -2.10. The van der Waals surface area contributed by atoms with Crippen LogP contribution in [0.15, 0.2) is 36.4 Å². The Bertz CT molecular complexity index is 520. The van der Waals surface area contributed by atoms with E-state index < -0.39 is 0 Å². The van der Waals surface area contributed by atoms with Crippen LogP contribution in [-0.4, -0.2) is 0 Å². The number of ether oxygens (including phenoxy) is 1. The number of halogens is 2. The first-order valence-electron chi connectivity index (χ1n) is 5.49. The molecule has 2 nitrogen and oxygen atoms in total. The Kier molecular flexibility index (Phi) is 3.72. The van der Waals surface area contributed by atoms with Gasteiger partial charge >= 0.3 is 0 Å². The third kappa shape index (κ3) is 2.93. The lowest BCUT2D eigenvalue weighted by Crippen LogP contribution is -2.00. The fourth-order valence-corrected chi connectivity index (χ4v) is 1.75. The van der Waals surface area contributed by atoms with Crippen LogP contribution in [0.25, 0.3) is 0 Å². The van der Waals surface area contributed by atoms with Crippen molar-refractivity contribution in [2.45, 2.75) is 13.5 Å². The van der Waals surface area contributed by atoms with Crippen LogP contribution >= 0.6 is 11.6 Å². The van der Waals surface area contributed by atoms with Crippen molar-refractivity contribution in [3.63, 3.8) is 0 Å². The fourth-order valence-electron chi connectivity index (χ4n) is 1.58. The van der Waals surface area contributed by atoms with Gasteiger partial charge in [0.25, 0.3) is 0 Å². The van der Waals surface area contributed by atoms with Gasteiger partial charge in [-0.1, -0.05) is 17.7 Å². The van der Waals surface area contributed by atoms with Gasteiger partial charge in [-0.3, -0.25) is 0 Å². The minimum absolute atomic E-state index is 0.185. The first-order valence-corrected chi connectivity index (χ1v) is 5.87. The Morgan fingerprint density at radius 2 is 2.00 bits per heavy atom. The maximum Gasteiger partial charge on any atom is 0.142 e. The number of benzene rings is 2. The fraction of sp³-hybridized carbons (Fsp3) is 0.143. The Labute approximate surface area is 110 Å². The van der Waals surface area contributed by atoms with E-state index in [4.69, 9.17) is 22.1 Å². The quantitative estimate of drug-likeness (QED) is 0.853. The second-order valence-corrected chi connectivity index (χ2v) is 4.47. The van der Waals surface area contributed by atoms with Gasteiger partial charge in [0.05, 0.1) is 5.69 Å². The lowest BCUT2D eigenvalue weighted by molar-refractivity contribution is 0.307. The molecule has 2 N–H and O–H groups in total. The predicted molar refractivity (Wildman–Crippen MR) is 71.3 cm³/mol. The molecule has 0 bridgehead atoms. The average Bonchev–Trinajstić information content (AvgIpc) is 2.34. The molecule has 0 amide bonds. The van der Waals surface area contributed by atoms with E-state index in [0.29, 0.717) is 22.0 Å². The highest BCUT2D eigenvalue weighted by molar-refractivity contribution is 6.31. The van der Waals surface area contributed by atoms with E-state index in [-0.39, 0.29) is 12.4 Å². The van der Waals surface area contributed by atoms with Crippen LogP contribution in [0.1, 0.15) is 11.1 Å². The largest absolute Gasteiger partial charge is 0.487 e. The molecule has 0 atom stereocenters. The summed E-state index contributed by atoms with van der Waals surface area (Å²) in [6, 6.07) is 9.69. The molecule has 0 spiro atoms. The zero-order chi connectivity index (χ0) is 13.1. The molecule has 0 saturated carbocycles. The summed E-state index contributed by atoms with van der Waals surface area (Å²) in [5.41, 5.74) is 7.98. The van der Waals surface area contributed by atoms with Crippen molar-refractivity contribution in [3.8, 4) is 5.75 Å². The van der Waals surface area contributed by atoms with Gasteiger partial charge in [0.15, 0.2) is 0 Å². The smallest absolute Gasteiger partial charge is 0.142 e. The number of anilines is 1.